The Morgan fingerprint density at radius 3 is 2.18 bits per heavy atom. The molecule has 6 heteroatoms. The molecule has 4 nitrogen and oxygen atoms in total. The van der Waals surface area contributed by atoms with E-state index in [4.69, 9.17) is 21.3 Å². The molecule has 2 heterocycles. The number of pyridine rings is 1. The van der Waals surface area contributed by atoms with Crippen molar-refractivity contribution in [3.8, 4) is 0 Å². The minimum atomic E-state index is -0.716. The molecule has 0 N–H and O–H groups in total. The fraction of sp³-hybridized carbons (Fsp3) is 0.222. The highest BCUT2D eigenvalue weighted by Crippen LogP contribution is 2.31. The highest BCUT2D eigenvalue weighted by molar-refractivity contribution is 7.19. The highest BCUT2D eigenvalue weighted by atomic mass is 35.5. The number of carbonyl (C=O) groups is 1. The first kappa shape index (κ1) is 23.1. The molecule has 0 bridgehead atoms. The Balaban J connectivity index is 1.78. The van der Waals surface area contributed by atoms with Gasteiger partial charge in [0.05, 0.1) is 21.0 Å². The van der Waals surface area contributed by atoms with Gasteiger partial charge in [0.2, 0.25) is 0 Å². The average Bonchev–Trinajstić information content (AvgIpc) is 3.21. The first-order valence-corrected chi connectivity index (χ1v) is 11.9. The van der Waals surface area contributed by atoms with Crippen LogP contribution in [-0.2, 0) is 16.0 Å². The van der Waals surface area contributed by atoms with Crippen LogP contribution in [0.4, 0.5) is 0 Å². The van der Waals surface area contributed by atoms with Crippen molar-refractivity contribution >= 4 is 44.8 Å². The summed E-state index contributed by atoms with van der Waals surface area (Å²) in [6, 6.07) is 22.8. The van der Waals surface area contributed by atoms with Crippen molar-refractivity contribution in [2.45, 2.75) is 38.8 Å². The third kappa shape index (κ3) is 5.86. The Labute approximate surface area is 202 Å². The number of esters is 1. The Hall–Kier alpha value is -3.02. The largest absolute Gasteiger partial charge is 0.458 e. The minimum absolute atomic E-state index is 0.358. The van der Waals surface area contributed by atoms with Crippen LogP contribution in [0.2, 0.25) is 5.02 Å². The molecular weight excluding hydrogens is 452 g/mol. The number of nitrogens with zero attached hydrogens (tertiary/aromatic N) is 2. The lowest BCUT2D eigenvalue weighted by atomic mass is 10.0. The van der Waals surface area contributed by atoms with E-state index in [2.05, 4.69) is 4.98 Å². The first-order chi connectivity index (χ1) is 15.8. The summed E-state index contributed by atoms with van der Waals surface area (Å²) in [5.41, 5.74) is 2.84. The van der Waals surface area contributed by atoms with E-state index in [1.165, 1.54) is 11.3 Å². The lowest BCUT2D eigenvalue weighted by Crippen LogP contribution is -2.33. The number of hydrogen-bond donors (Lipinski definition) is 0. The molecule has 33 heavy (non-hydrogen) atoms. The summed E-state index contributed by atoms with van der Waals surface area (Å²) in [4.78, 5) is 23.6. The number of aliphatic imine (C=N–C) groups is 1. The molecular formula is C27H25ClN2O2S. The van der Waals surface area contributed by atoms with Gasteiger partial charge in [-0.1, -0.05) is 72.3 Å². The molecule has 168 valence electrons. The topological polar surface area (TPSA) is 51.5 Å². The minimum Gasteiger partial charge on any atom is -0.458 e. The fourth-order valence-corrected chi connectivity index (χ4v) is 4.79. The van der Waals surface area contributed by atoms with Crippen molar-refractivity contribution in [1.29, 1.82) is 0 Å². The number of carbonyl (C=O) groups excluding carboxylic acids is 1. The molecule has 0 fully saturated rings. The van der Waals surface area contributed by atoms with Gasteiger partial charge in [-0.2, -0.15) is 0 Å². The molecule has 0 saturated heterocycles. The second kappa shape index (κ2) is 9.86. The van der Waals surface area contributed by atoms with Gasteiger partial charge in [0.1, 0.15) is 5.60 Å². The summed E-state index contributed by atoms with van der Waals surface area (Å²) >= 11 is 7.89. The number of fused-ring (bicyclic) bond motifs is 1. The molecule has 2 aromatic carbocycles. The third-order valence-corrected chi connectivity index (χ3v) is 6.47. The summed E-state index contributed by atoms with van der Waals surface area (Å²) in [6.45, 7) is 5.60. The van der Waals surface area contributed by atoms with Crippen LogP contribution in [0.3, 0.4) is 0 Å². The van der Waals surface area contributed by atoms with E-state index in [1.807, 2.05) is 87.5 Å². The lowest BCUT2D eigenvalue weighted by Gasteiger charge is -2.23. The summed E-state index contributed by atoms with van der Waals surface area (Å²) < 4.78 is 6.67. The number of thiophene rings is 1. The van der Waals surface area contributed by atoms with Gasteiger partial charge < -0.3 is 4.74 Å². The molecule has 4 rings (SSSR count). The van der Waals surface area contributed by atoms with E-state index in [0.717, 1.165) is 31.9 Å². The number of benzene rings is 2. The predicted octanol–water partition coefficient (Wildman–Crippen LogP) is 6.74. The third-order valence-electron chi connectivity index (χ3n) is 4.87. The smallest absolute Gasteiger partial charge is 0.331 e. The Morgan fingerprint density at radius 2 is 1.64 bits per heavy atom. The van der Waals surface area contributed by atoms with Gasteiger partial charge in [-0.15, -0.1) is 11.3 Å². The van der Waals surface area contributed by atoms with Gasteiger partial charge in [0.25, 0.3) is 0 Å². The lowest BCUT2D eigenvalue weighted by molar-refractivity contribution is -0.156. The molecule has 1 unspecified atom stereocenters. The van der Waals surface area contributed by atoms with Gasteiger partial charge in [-0.25, -0.2) is 4.79 Å². The number of halogens is 1. The van der Waals surface area contributed by atoms with Gasteiger partial charge in [-0.3, -0.25) is 9.98 Å². The summed E-state index contributed by atoms with van der Waals surface area (Å²) in [5, 5.41) is 0.655. The van der Waals surface area contributed by atoms with Crippen molar-refractivity contribution < 1.29 is 9.53 Å². The number of ether oxygens (including phenoxy) is 1. The van der Waals surface area contributed by atoms with Crippen LogP contribution >= 0.6 is 22.9 Å². The maximum Gasteiger partial charge on any atom is 0.331 e. The quantitative estimate of drug-likeness (QED) is 0.229. The number of aromatic nitrogens is 1. The van der Waals surface area contributed by atoms with Crippen LogP contribution < -0.4 is 0 Å². The van der Waals surface area contributed by atoms with Crippen LogP contribution in [0, 0.1) is 0 Å². The summed E-state index contributed by atoms with van der Waals surface area (Å²) in [6.07, 6.45) is 2.09. The molecule has 0 radical (unpaired) electrons. The molecule has 4 aromatic rings. The number of hydrogen-bond acceptors (Lipinski definition) is 5. The van der Waals surface area contributed by atoms with Crippen molar-refractivity contribution in [2.75, 3.05) is 0 Å². The Kier molecular flexibility index (Phi) is 6.91. The first-order valence-electron chi connectivity index (χ1n) is 10.7. The van der Waals surface area contributed by atoms with Gasteiger partial charge in [-0.05, 0) is 32.9 Å². The van der Waals surface area contributed by atoms with Crippen LogP contribution in [0.5, 0.6) is 0 Å². The van der Waals surface area contributed by atoms with Gasteiger partial charge >= 0.3 is 5.97 Å². The Morgan fingerprint density at radius 1 is 1.03 bits per heavy atom. The van der Waals surface area contributed by atoms with E-state index in [0.29, 0.717) is 11.4 Å². The molecule has 1 atom stereocenters. The van der Waals surface area contributed by atoms with E-state index >= 15 is 0 Å². The van der Waals surface area contributed by atoms with Crippen LogP contribution in [0.25, 0.3) is 10.2 Å². The summed E-state index contributed by atoms with van der Waals surface area (Å²) in [5.74, 6) is -0.358. The molecule has 0 aliphatic heterocycles. The van der Waals surface area contributed by atoms with E-state index in [-0.39, 0.29) is 5.97 Å². The van der Waals surface area contributed by atoms with Crippen LogP contribution in [0.15, 0.2) is 84.0 Å². The molecule has 0 saturated carbocycles. The zero-order valence-corrected chi connectivity index (χ0v) is 20.4. The normalized spacial score (nSPS) is 12.4. The molecule has 0 aliphatic rings. The summed E-state index contributed by atoms with van der Waals surface area (Å²) in [7, 11) is 0. The second-order valence-corrected chi connectivity index (χ2v) is 10.2. The van der Waals surface area contributed by atoms with E-state index in [9.17, 15) is 4.79 Å². The van der Waals surface area contributed by atoms with Crippen molar-refractivity contribution in [1.82, 2.24) is 4.98 Å². The Bertz CT molecular complexity index is 1240. The maximum atomic E-state index is 13.3. The SMILES string of the molecule is CC(C)(C)OC(=O)C(Cc1cc2nccc(Cl)c2s1)N=C(c1ccccc1)c1ccccc1. The molecule has 0 spiro atoms. The molecule has 0 aliphatic carbocycles. The average molecular weight is 477 g/mol. The second-order valence-electron chi connectivity index (χ2n) is 8.68. The van der Waals surface area contributed by atoms with Crippen LogP contribution in [0.1, 0.15) is 36.8 Å². The highest BCUT2D eigenvalue weighted by Gasteiger charge is 2.27. The standard InChI is InChI=1S/C27H25ClN2O2S/c1-27(2,3)32-26(31)23(17-20-16-22-25(33-20)21(28)14-15-29-22)30-24(18-10-6-4-7-11-18)19-12-8-5-9-13-19/h4-16,23H,17H2,1-3H3. The zero-order chi connectivity index (χ0) is 23.4. The van der Waals surface area contributed by atoms with Crippen molar-refractivity contribution in [2.24, 2.45) is 4.99 Å². The maximum absolute atomic E-state index is 13.3. The fourth-order valence-electron chi connectivity index (χ4n) is 3.46. The molecule has 0 amide bonds. The van der Waals surface area contributed by atoms with E-state index in [1.54, 1.807) is 12.3 Å². The molecule has 2 aromatic heterocycles. The van der Waals surface area contributed by atoms with E-state index < -0.39 is 11.6 Å². The predicted molar refractivity (Wildman–Crippen MR) is 136 cm³/mol. The van der Waals surface area contributed by atoms with Crippen LogP contribution in [-0.4, -0.2) is 28.3 Å². The van der Waals surface area contributed by atoms with Crippen molar-refractivity contribution in [3.05, 3.63) is 100 Å². The number of rotatable bonds is 6. The monoisotopic (exact) mass is 476 g/mol. The van der Waals surface area contributed by atoms with Gasteiger partial charge in [0, 0.05) is 28.6 Å². The van der Waals surface area contributed by atoms with Gasteiger partial charge in [0.15, 0.2) is 6.04 Å². The van der Waals surface area contributed by atoms with Crippen molar-refractivity contribution in [3.63, 3.8) is 0 Å². The zero-order valence-electron chi connectivity index (χ0n) is 18.8.